The molecule has 0 saturated carbocycles. The maximum atomic E-state index is 8.63. The molecule has 0 unspecified atom stereocenters. The Morgan fingerprint density at radius 1 is 0.889 bits per heavy atom. The summed E-state index contributed by atoms with van der Waals surface area (Å²) in [5.41, 5.74) is 1.24. The highest BCUT2D eigenvalue weighted by atomic mass is 16.3. The Morgan fingerprint density at radius 3 is 1.89 bits per heavy atom. The lowest BCUT2D eigenvalue weighted by molar-refractivity contribution is 0.475. The zero-order valence-corrected chi connectivity index (χ0v) is 10.4. The number of phenols is 1. The lowest BCUT2D eigenvalue weighted by Gasteiger charge is -1.88. The lowest BCUT2D eigenvalue weighted by atomic mass is 10.2. The highest BCUT2D eigenvalue weighted by Gasteiger charge is 1.79. The van der Waals surface area contributed by atoms with Crippen molar-refractivity contribution in [2.24, 2.45) is 0 Å². The highest BCUT2D eigenvalue weighted by molar-refractivity contribution is 5.48. The summed E-state index contributed by atoms with van der Waals surface area (Å²) in [7, 11) is 0. The standard InChI is InChI=1S/C11H12.C6H6O/c1-2-3-5-8-11-9-6-4-7-10-11;7-6-4-2-1-3-5-6/h2,4-10H,1,3H2;1-5,7H. The minimum absolute atomic E-state index is 0.322. The van der Waals surface area contributed by atoms with Gasteiger partial charge in [0.1, 0.15) is 5.75 Å². The predicted octanol–water partition coefficient (Wildman–Crippen LogP) is 4.67. The fourth-order valence-electron chi connectivity index (χ4n) is 1.29. The van der Waals surface area contributed by atoms with Gasteiger partial charge in [0.05, 0.1) is 0 Å². The van der Waals surface area contributed by atoms with E-state index in [2.05, 4.69) is 30.9 Å². The molecule has 1 heteroatoms. The van der Waals surface area contributed by atoms with Gasteiger partial charge in [-0.25, -0.2) is 0 Å². The van der Waals surface area contributed by atoms with Gasteiger partial charge < -0.3 is 5.11 Å². The average Bonchev–Trinajstić information content (AvgIpc) is 2.42. The third-order valence-corrected chi connectivity index (χ3v) is 2.17. The third kappa shape index (κ3) is 6.33. The van der Waals surface area contributed by atoms with Crippen molar-refractivity contribution in [3.8, 4) is 5.75 Å². The maximum Gasteiger partial charge on any atom is 0.115 e. The fourth-order valence-corrected chi connectivity index (χ4v) is 1.29. The topological polar surface area (TPSA) is 20.2 Å². The molecule has 0 saturated heterocycles. The molecule has 0 aliphatic rings. The lowest BCUT2D eigenvalue weighted by Crippen LogP contribution is -1.67. The number of para-hydroxylation sites is 1. The number of phenolic OH excluding ortho intramolecular Hbond substituents is 1. The van der Waals surface area contributed by atoms with Crippen molar-refractivity contribution in [1.82, 2.24) is 0 Å². The predicted molar refractivity (Wildman–Crippen MR) is 78.4 cm³/mol. The number of benzene rings is 2. The Morgan fingerprint density at radius 2 is 1.44 bits per heavy atom. The molecule has 0 amide bonds. The number of hydrogen-bond acceptors (Lipinski definition) is 1. The first-order chi connectivity index (χ1) is 8.83. The van der Waals surface area contributed by atoms with E-state index >= 15 is 0 Å². The third-order valence-electron chi connectivity index (χ3n) is 2.17. The second-order valence-electron chi connectivity index (χ2n) is 3.67. The van der Waals surface area contributed by atoms with Gasteiger partial charge in [0, 0.05) is 0 Å². The molecule has 0 aliphatic carbocycles. The second-order valence-corrected chi connectivity index (χ2v) is 3.67. The van der Waals surface area contributed by atoms with Crippen LogP contribution < -0.4 is 0 Å². The first kappa shape index (κ1) is 13.8. The molecule has 1 nitrogen and oxygen atoms in total. The van der Waals surface area contributed by atoms with E-state index in [1.165, 1.54) is 5.56 Å². The molecule has 0 fully saturated rings. The van der Waals surface area contributed by atoms with Gasteiger partial charge in [-0.1, -0.05) is 66.8 Å². The van der Waals surface area contributed by atoms with Crippen molar-refractivity contribution in [1.29, 1.82) is 0 Å². The summed E-state index contributed by atoms with van der Waals surface area (Å²) in [6.07, 6.45) is 7.03. The number of hydrogen-bond donors (Lipinski definition) is 1. The molecule has 18 heavy (non-hydrogen) atoms. The van der Waals surface area contributed by atoms with Crippen LogP contribution in [0.15, 0.2) is 79.4 Å². The molecule has 92 valence electrons. The molecule has 0 spiro atoms. The average molecular weight is 238 g/mol. The Balaban J connectivity index is 0.000000199. The summed E-state index contributed by atoms with van der Waals surface area (Å²) < 4.78 is 0. The molecule has 0 aromatic heterocycles. The number of allylic oxidation sites excluding steroid dienone is 2. The van der Waals surface area contributed by atoms with Gasteiger partial charge in [0.2, 0.25) is 0 Å². The molecule has 0 bridgehead atoms. The first-order valence-corrected chi connectivity index (χ1v) is 5.89. The first-order valence-electron chi connectivity index (χ1n) is 5.89. The highest BCUT2D eigenvalue weighted by Crippen LogP contribution is 2.03. The Hall–Kier alpha value is -2.28. The van der Waals surface area contributed by atoms with Crippen LogP contribution in [0.4, 0.5) is 0 Å². The van der Waals surface area contributed by atoms with E-state index in [-0.39, 0.29) is 0 Å². The van der Waals surface area contributed by atoms with Crippen LogP contribution in [0.25, 0.3) is 6.08 Å². The molecule has 2 aromatic carbocycles. The summed E-state index contributed by atoms with van der Waals surface area (Å²) in [5.74, 6) is 0.322. The molecule has 0 aliphatic heterocycles. The smallest absolute Gasteiger partial charge is 0.115 e. The van der Waals surface area contributed by atoms with Crippen LogP contribution in [0.5, 0.6) is 5.75 Å². The van der Waals surface area contributed by atoms with E-state index in [9.17, 15) is 0 Å². The molecule has 0 atom stereocenters. The van der Waals surface area contributed by atoms with Gasteiger partial charge in [-0.2, -0.15) is 0 Å². The van der Waals surface area contributed by atoms with Crippen molar-refractivity contribution in [3.63, 3.8) is 0 Å². The SMILES string of the molecule is C=CCC=Cc1ccccc1.Oc1ccccc1. The molecule has 1 N–H and O–H groups in total. The minimum Gasteiger partial charge on any atom is -0.508 e. The molecule has 0 radical (unpaired) electrons. The Bertz CT molecular complexity index is 457. The van der Waals surface area contributed by atoms with Crippen LogP contribution in [0.1, 0.15) is 12.0 Å². The molecular weight excluding hydrogens is 220 g/mol. The molecule has 2 aromatic rings. The van der Waals surface area contributed by atoms with Crippen LogP contribution in [0, 0.1) is 0 Å². The monoisotopic (exact) mass is 238 g/mol. The Labute approximate surface area is 109 Å². The van der Waals surface area contributed by atoms with E-state index in [0.717, 1.165) is 6.42 Å². The van der Waals surface area contributed by atoms with Crippen LogP contribution in [0.2, 0.25) is 0 Å². The quantitative estimate of drug-likeness (QED) is 0.770. The van der Waals surface area contributed by atoms with Crippen molar-refractivity contribution < 1.29 is 5.11 Å². The summed E-state index contributed by atoms with van der Waals surface area (Å²) in [5, 5.41) is 8.63. The molecular formula is C17H18O. The normalized spacial score (nSPS) is 9.56. The summed E-state index contributed by atoms with van der Waals surface area (Å²) in [6.45, 7) is 3.64. The van der Waals surface area contributed by atoms with Crippen molar-refractivity contribution in [3.05, 3.63) is 85.0 Å². The number of aromatic hydroxyl groups is 1. The summed E-state index contributed by atoms with van der Waals surface area (Å²) >= 11 is 0. The largest absolute Gasteiger partial charge is 0.508 e. The van der Waals surface area contributed by atoms with E-state index in [0.29, 0.717) is 5.75 Å². The van der Waals surface area contributed by atoms with E-state index in [1.54, 1.807) is 24.3 Å². The van der Waals surface area contributed by atoms with E-state index in [1.807, 2.05) is 30.3 Å². The van der Waals surface area contributed by atoms with Gasteiger partial charge in [0.15, 0.2) is 0 Å². The van der Waals surface area contributed by atoms with Crippen LogP contribution in [0.3, 0.4) is 0 Å². The minimum atomic E-state index is 0.322. The van der Waals surface area contributed by atoms with Crippen LogP contribution >= 0.6 is 0 Å². The van der Waals surface area contributed by atoms with Gasteiger partial charge in [-0.3, -0.25) is 0 Å². The van der Waals surface area contributed by atoms with Gasteiger partial charge in [-0.05, 0) is 24.1 Å². The van der Waals surface area contributed by atoms with Crippen LogP contribution in [-0.4, -0.2) is 5.11 Å². The summed E-state index contributed by atoms with van der Waals surface area (Å²) in [4.78, 5) is 0. The molecule has 2 rings (SSSR count). The molecule has 0 heterocycles. The number of rotatable bonds is 3. The van der Waals surface area contributed by atoms with Crippen molar-refractivity contribution in [2.45, 2.75) is 6.42 Å². The zero-order valence-electron chi connectivity index (χ0n) is 10.4. The van der Waals surface area contributed by atoms with Gasteiger partial charge in [0.25, 0.3) is 0 Å². The van der Waals surface area contributed by atoms with E-state index in [4.69, 9.17) is 5.11 Å². The van der Waals surface area contributed by atoms with Crippen molar-refractivity contribution in [2.75, 3.05) is 0 Å². The van der Waals surface area contributed by atoms with Crippen LogP contribution in [-0.2, 0) is 0 Å². The van der Waals surface area contributed by atoms with Gasteiger partial charge >= 0.3 is 0 Å². The fraction of sp³-hybridized carbons (Fsp3) is 0.0588. The second kappa shape index (κ2) is 8.82. The van der Waals surface area contributed by atoms with Crippen molar-refractivity contribution >= 4 is 6.08 Å². The maximum absolute atomic E-state index is 8.63. The Kier molecular flexibility index (Phi) is 6.76. The zero-order chi connectivity index (χ0) is 13.1. The summed E-state index contributed by atoms with van der Waals surface area (Å²) in [6, 6.07) is 19.0. The van der Waals surface area contributed by atoms with Gasteiger partial charge in [-0.15, -0.1) is 6.58 Å². The van der Waals surface area contributed by atoms with E-state index < -0.39 is 0 Å².